The molecule has 0 saturated carbocycles. The molecule has 2 heterocycles. The first-order chi connectivity index (χ1) is 15.0. The van der Waals surface area contributed by atoms with Crippen molar-refractivity contribution in [2.24, 2.45) is 0 Å². The molecule has 158 valence electrons. The van der Waals surface area contributed by atoms with Gasteiger partial charge in [0.2, 0.25) is 22.8 Å². The van der Waals surface area contributed by atoms with Crippen molar-refractivity contribution in [1.29, 1.82) is 0 Å². The average Bonchev–Trinajstić information content (AvgIpc) is 3.41. The number of nitrogens with one attached hydrogen (secondary N) is 1. The Morgan fingerprint density at radius 1 is 1.19 bits per heavy atom. The maximum absolute atomic E-state index is 11.3. The number of carbonyl (C=O) groups is 1. The van der Waals surface area contributed by atoms with Crippen LogP contribution in [0.15, 0.2) is 58.2 Å². The van der Waals surface area contributed by atoms with E-state index in [1.165, 1.54) is 24.2 Å². The second-order valence-electron chi connectivity index (χ2n) is 7.18. The number of thioether (sulfide) groups is 1. The number of carbonyl (C=O) groups excluding carboxylic acids is 1. The zero-order valence-electron chi connectivity index (χ0n) is 17.3. The summed E-state index contributed by atoms with van der Waals surface area (Å²) in [5.41, 5.74) is 3.57. The van der Waals surface area contributed by atoms with Gasteiger partial charge < -0.3 is 9.84 Å². The Morgan fingerprint density at radius 2 is 2.00 bits per heavy atom. The lowest BCUT2D eigenvalue weighted by atomic mass is 10.0. The van der Waals surface area contributed by atoms with Crippen molar-refractivity contribution in [1.82, 2.24) is 30.3 Å². The van der Waals surface area contributed by atoms with Crippen LogP contribution in [0, 0.1) is 0 Å². The van der Waals surface area contributed by atoms with Crippen molar-refractivity contribution in [3.05, 3.63) is 60.0 Å². The smallest absolute Gasteiger partial charge is 0.237 e. The molecule has 4 aromatic rings. The van der Waals surface area contributed by atoms with Gasteiger partial charge in [0.05, 0.1) is 11.4 Å². The highest BCUT2D eigenvalue weighted by molar-refractivity contribution is 7.98. The molecule has 1 N–H and O–H groups in total. The minimum absolute atomic E-state index is 0.144. The number of nitrogens with zero attached hydrogens (tertiary/aromatic N) is 6. The third-order valence-electron chi connectivity index (χ3n) is 4.48. The van der Waals surface area contributed by atoms with Crippen LogP contribution in [-0.4, -0.2) is 36.3 Å². The first-order valence-corrected chi connectivity index (χ1v) is 10.7. The van der Waals surface area contributed by atoms with E-state index in [1.807, 2.05) is 24.3 Å². The lowest BCUT2D eigenvalue weighted by Crippen LogP contribution is -2.07. The van der Waals surface area contributed by atoms with Gasteiger partial charge in [0.15, 0.2) is 0 Å². The molecule has 0 saturated heterocycles. The van der Waals surface area contributed by atoms with Crippen molar-refractivity contribution in [2.45, 2.75) is 37.6 Å². The van der Waals surface area contributed by atoms with Crippen LogP contribution < -0.4 is 5.32 Å². The monoisotopic (exact) mass is 435 g/mol. The summed E-state index contributed by atoms with van der Waals surface area (Å²) in [6.07, 6.45) is 0. The van der Waals surface area contributed by atoms with E-state index >= 15 is 0 Å². The highest BCUT2D eigenvalue weighted by Gasteiger charge is 2.14. The van der Waals surface area contributed by atoms with E-state index in [0.717, 1.165) is 11.3 Å². The molecule has 2 aromatic carbocycles. The lowest BCUT2D eigenvalue weighted by molar-refractivity contribution is -0.114. The van der Waals surface area contributed by atoms with Gasteiger partial charge >= 0.3 is 0 Å². The second kappa shape index (κ2) is 9.09. The van der Waals surface area contributed by atoms with E-state index in [-0.39, 0.29) is 5.91 Å². The fourth-order valence-corrected chi connectivity index (χ4v) is 3.65. The average molecular weight is 436 g/mol. The van der Waals surface area contributed by atoms with Crippen molar-refractivity contribution in [2.75, 3.05) is 5.32 Å². The van der Waals surface area contributed by atoms with Crippen LogP contribution in [0.2, 0.25) is 0 Å². The highest BCUT2D eigenvalue weighted by atomic mass is 32.2. The molecule has 0 bridgehead atoms. The van der Waals surface area contributed by atoms with Crippen LogP contribution >= 0.6 is 11.8 Å². The predicted molar refractivity (Wildman–Crippen MR) is 117 cm³/mol. The molecular formula is C21H21N7O2S. The SMILES string of the molecule is CC(=O)Nc1cccc(-n2nnnc2SCc2nc(-c3ccc(C(C)C)cc3)no2)c1. The Labute approximate surface area is 183 Å². The molecule has 0 fully saturated rings. The van der Waals surface area contributed by atoms with Crippen LogP contribution in [0.3, 0.4) is 0 Å². The van der Waals surface area contributed by atoms with Gasteiger partial charge in [-0.1, -0.05) is 61.1 Å². The van der Waals surface area contributed by atoms with Crippen molar-refractivity contribution >= 4 is 23.4 Å². The number of tetrazole rings is 1. The van der Waals surface area contributed by atoms with Crippen molar-refractivity contribution in [3.63, 3.8) is 0 Å². The summed E-state index contributed by atoms with van der Waals surface area (Å²) >= 11 is 1.38. The van der Waals surface area contributed by atoms with Gasteiger partial charge in [-0.15, -0.1) is 5.10 Å². The van der Waals surface area contributed by atoms with E-state index in [2.05, 4.69) is 57.0 Å². The normalized spacial score (nSPS) is 11.1. The Morgan fingerprint density at radius 3 is 2.74 bits per heavy atom. The minimum atomic E-state index is -0.144. The standard InChI is InChI=1S/C21H21N7O2S/c1-13(2)15-7-9-16(10-8-15)20-23-19(30-25-20)12-31-21-24-26-27-28(21)18-6-4-5-17(11-18)22-14(3)29/h4-11,13H,12H2,1-3H3,(H,22,29). The molecule has 0 aliphatic rings. The first kappa shape index (κ1) is 20.7. The number of benzene rings is 2. The molecule has 2 aromatic heterocycles. The van der Waals surface area contributed by atoms with E-state index in [9.17, 15) is 4.79 Å². The third kappa shape index (κ3) is 4.97. The summed E-state index contributed by atoms with van der Waals surface area (Å²) in [7, 11) is 0. The fourth-order valence-electron chi connectivity index (χ4n) is 2.92. The van der Waals surface area contributed by atoms with Crippen molar-refractivity contribution in [3.8, 4) is 17.1 Å². The number of aromatic nitrogens is 6. The maximum atomic E-state index is 11.3. The molecule has 0 aliphatic heterocycles. The van der Waals surface area contributed by atoms with Gasteiger partial charge in [-0.05, 0) is 40.1 Å². The molecule has 4 rings (SSSR count). The van der Waals surface area contributed by atoms with E-state index < -0.39 is 0 Å². The molecule has 1 amide bonds. The van der Waals surface area contributed by atoms with Crippen LogP contribution in [0.4, 0.5) is 5.69 Å². The Bertz CT molecular complexity index is 1180. The van der Waals surface area contributed by atoms with Crippen LogP contribution in [0.1, 0.15) is 38.1 Å². The summed E-state index contributed by atoms with van der Waals surface area (Å²) in [5.74, 6) is 1.77. The zero-order valence-corrected chi connectivity index (χ0v) is 18.1. The van der Waals surface area contributed by atoms with Crippen LogP contribution in [0.5, 0.6) is 0 Å². The minimum Gasteiger partial charge on any atom is -0.338 e. The van der Waals surface area contributed by atoms with Crippen LogP contribution in [0.25, 0.3) is 17.1 Å². The fraction of sp³-hybridized carbons (Fsp3) is 0.238. The van der Waals surface area contributed by atoms with Crippen molar-refractivity contribution < 1.29 is 9.32 Å². The maximum Gasteiger partial charge on any atom is 0.237 e. The molecule has 0 unspecified atom stereocenters. The molecule has 0 aliphatic carbocycles. The summed E-state index contributed by atoms with van der Waals surface area (Å²) in [5, 5.41) is 19.3. The van der Waals surface area contributed by atoms with Crippen LogP contribution in [-0.2, 0) is 10.5 Å². The van der Waals surface area contributed by atoms with E-state index in [4.69, 9.17) is 4.52 Å². The Hall–Kier alpha value is -3.53. The number of hydrogen-bond acceptors (Lipinski definition) is 8. The van der Waals surface area contributed by atoms with Gasteiger partial charge in [0.1, 0.15) is 0 Å². The molecule has 10 heteroatoms. The number of rotatable bonds is 7. The molecule has 0 spiro atoms. The quantitative estimate of drug-likeness (QED) is 0.432. The third-order valence-corrected chi connectivity index (χ3v) is 5.38. The van der Waals surface area contributed by atoms with Gasteiger partial charge in [-0.25, -0.2) is 0 Å². The first-order valence-electron chi connectivity index (χ1n) is 9.71. The highest BCUT2D eigenvalue weighted by Crippen LogP contribution is 2.25. The summed E-state index contributed by atoms with van der Waals surface area (Å²) in [6, 6.07) is 15.4. The molecular weight excluding hydrogens is 414 g/mol. The van der Waals surface area contributed by atoms with Gasteiger partial charge in [-0.2, -0.15) is 9.67 Å². The number of hydrogen-bond donors (Lipinski definition) is 1. The number of amides is 1. The summed E-state index contributed by atoms with van der Waals surface area (Å²) in [6.45, 7) is 5.77. The molecule has 31 heavy (non-hydrogen) atoms. The van der Waals surface area contributed by atoms with Gasteiger partial charge in [0.25, 0.3) is 0 Å². The summed E-state index contributed by atoms with van der Waals surface area (Å²) in [4.78, 5) is 15.8. The predicted octanol–water partition coefficient (Wildman–Crippen LogP) is 4.09. The molecule has 0 radical (unpaired) electrons. The second-order valence-corrected chi connectivity index (χ2v) is 8.12. The lowest BCUT2D eigenvalue weighted by Gasteiger charge is -2.06. The van der Waals surface area contributed by atoms with E-state index in [0.29, 0.717) is 34.2 Å². The Kier molecular flexibility index (Phi) is 6.08. The molecule has 9 nitrogen and oxygen atoms in total. The van der Waals surface area contributed by atoms with E-state index in [1.54, 1.807) is 16.8 Å². The largest absolute Gasteiger partial charge is 0.338 e. The Balaban J connectivity index is 1.46. The summed E-state index contributed by atoms with van der Waals surface area (Å²) < 4.78 is 6.99. The number of anilines is 1. The topological polar surface area (TPSA) is 112 Å². The zero-order chi connectivity index (χ0) is 21.8. The van der Waals surface area contributed by atoms with Gasteiger partial charge in [-0.3, -0.25) is 4.79 Å². The molecule has 0 atom stereocenters. The van der Waals surface area contributed by atoms with Gasteiger partial charge in [0, 0.05) is 18.2 Å².